The summed E-state index contributed by atoms with van der Waals surface area (Å²) in [5.41, 5.74) is 2.80. The van der Waals surface area contributed by atoms with Crippen LogP contribution in [0.3, 0.4) is 0 Å². The van der Waals surface area contributed by atoms with Crippen LogP contribution in [0.2, 0.25) is 0 Å². The van der Waals surface area contributed by atoms with Crippen LogP contribution in [-0.2, 0) is 0 Å². The molecule has 1 aliphatic rings. The third-order valence-electron chi connectivity index (χ3n) is 4.96. The van der Waals surface area contributed by atoms with E-state index in [2.05, 4.69) is 36.9 Å². The van der Waals surface area contributed by atoms with E-state index in [-0.39, 0.29) is 6.10 Å². The lowest BCUT2D eigenvalue weighted by Crippen LogP contribution is -2.27. The molecule has 0 radical (unpaired) electrons. The van der Waals surface area contributed by atoms with E-state index < -0.39 is 0 Å². The Balaban J connectivity index is 2.24. The number of rotatable bonds is 5. The van der Waals surface area contributed by atoms with Crippen molar-refractivity contribution >= 4 is 5.69 Å². The van der Waals surface area contributed by atoms with Crippen molar-refractivity contribution in [2.45, 2.75) is 52.6 Å². The maximum absolute atomic E-state index is 10.2. The van der Waals surface area contributed by atoms with Gasteiger partial charge < -0.3 is 10.0 Å². The molecule has 0 aromatic heterocycles. The van der Waals surface area contributed by atoms with Gasteiger partial charge in [0, 0.05) is 24.3 Å². The number of nitrogens with zero attached hydrogens (tertiary/aromatic N) is 1. The highest BCUT2D eigenvalue weighted by Crippen LogP contribution is 2.40. The summed E-state index contributed by atoms with van der Waals surface area (Å²) < 4.78 is 0. The maximum Gasteiger partial charge on any atom is 0.0807 e. The van der Waals surface area contributed by atoms with E-state index in [0.29, 0.717) is 5.41 Å². The van der Waals surface area contributed by atoms with Crippen molar-refractivity contribution in [2.75, 3.05) is 18.0 Å². The highest BCUT2D eigenvalue weighted by Gasteiger charge is 2.35. The zero-order valence-corrected chi connectivity index (χ0v) is 12.5. The molecule has 0 amide bonds. The number of para-hydroxylation sites is 1. The average Bonchev–Trinajstić information content (AvgIpc) is 2.91. The monoisotopic (exact) mass is 261 g/mol. The highest BCUT2D eigenvalue weighted by molar-refractivity contribution is 5.55. The van der Waals surface area contributed by atoms with Crippen LogP contribution in [0.1, 0.15) is 58.1 Å². The van der Waals surface area contributed by atoms with Crippen molar-refractivity contribution in [3.05, 3.63) is 29.8 Å². The first kappa shape index (κ1) is 14.4. The third kappa shape index (κ3) is 2.79. The molecule has 1 heterocycles. The van der Waals surface area contributed by atoms with E-state index in [9.17, 15) is 5.11 Å². The molecule has 1 fully saturated rings. The van der Waals surface area contributed by atoms with Gasteiger partial charge in [-0.1, -0.05) is 39.0 Å². The summed E-state index contributed by atoms with van der Waals surface area (Å²) in [6.45, 7) is 8.90. The number of aliphatic hydroxyl groups is 1. The Bertz CT molecular complexity index is 411. The van der Waals surface area contributed by atoms with E-state index in [4.69, 9.17) is 0 Å². The molecular weight excluding hydrogens is 234 g/mol. The smallest absolute Gasteiger partial charge is 0.0807 e. The lowest BCUT2D eigenvalue weighted by Gasteiger charge is -2.29. The lowest BCUT2D eigenvalue weighted by molar-refractivity contribution is 0.174. The minimum Gasteiger partial charge on any atom is -0.388 e. The summed E-state index contributed by atoms with van der Waals surface area (Å²) in [4.78, 5) is 2.47. The average molecular weight is 261 g/mol. The van der Waals surface area contributed by atoms with Gasteiger partial charge >= 0.3 is 0 Å². The number of aliphatic hydroxyl groups excluding tert-OH is 1. The molecular formula is C17H27NO. The molecule has 1 aromatic carbocycles. The molecule has 1 N–H and O–H groups in total. The topological polar surface area (TPSA) is 23.5 Å². The fraction of sp³-hybridized carbons (Fsp3) is 0.647. The van der Waals surface area contributed by atoms with Crippen LogP contribution in [0.25, 0.3) is 0 Å². The Kier molecular flexibility index (Phi) is 4.51. The van der Waals surface area contributed by atoms with Gasteiger partial charge in [0.1, 0.15) is 0 Å². The molecule has 106 valence electrons. The van der Waals surface area contributed by atoms with Crippen molar-refractivity contribution in [3.8, 4) is 0 Å². The first-order chi connectivity index (χ1) is 9.15. The number of benzene rings is 1. The quantitative estimate of drug-likeness (QED) is 0.861. The zero-order valence-electron chi connectivity index (χ0n) is 12.5. The summed E-state index contributed by atoms with van der Waals surface area (Å²) >= 11 is 0. The molecule has 0 saturated carbocycles. The summed E-state index contributed by atoms with van der Waals surface area (Å²) in [6.07, 6.45) is 4.21. The van der Waals surface area contributed by atoms with Crippen LogP contribution in [-0.4, -0.2) is 18.2 Å². The minimum atomic E-state index is -0.338. The summed E-state index contributed by atoms with van der Waals surface area (Å²) in [5.74, 6) is 0. The molecule has 0 unspecified atom stereocenters. The third-order valence-corrected chi connectivity index (χ3v) is 4.96. The van der Waals surface area contributed by atoms with Crippen molar-refractivity contribution in [1.29, 1.82) is 0 Å². The molecule has 1 aliphatic heterocycles. The number of anilines is 1. The van der Waals surface area contributed by atoms with Gasteiger partial charge in [-0.25, -0.2) is 0 Å². The Morgan fingerprint density at radius 1 is 1.21 bits per heavy atom. The van der Waals surface area contributed by atoms with Gasteiger partial charge in [0.15, 0.2) is 0 Å². The molecule has 2 nitrogen and oxygen atoms in total. The number of hydrogen-bond donors (Lipinski definition) is 1. The van der Waals surface area contributed by atoms with Crippen molar-refractivity contribution < 1.29 is 5.11 Å². The van der Waals surface area contributed by atoms with Crippen LogP contribution in [0, 0.1) is 5.41 Å². The fourth-order valence-electron chi connectivity index (χ4n) is 3.25. The maximum atomic E-state index is 10.2. The summed E-state index contributed by atoms with van der Waals surface area (Å²) in [6, 6.07) is 8.34. The number of hydrogen-bond acceptors (Lipinski definition) is 2. The predicted octanol–water partition coefficient (Wildman–Crippen LogP) is 4.15. The van der Waals surface area contributed by atoms with Crippen LogP contribution >= 0.6 is 0 Å². The van der Waals surface area contributed by atoms with E-state index in [1.165, 1.54) is 24.9 Å². The zero-order chi connectivity index (χ0) is 13.9. The molecule has 0 bridgehead atoms. The molecule has 2 rings (SSSR count). The Labute approximate surface area is 117 Å². The largest absolute Gasteiger partial charge is 0.388 e. The van der Waals surface area contributed by atoms with Gasteiger partial charge in [-0.2, -0.15) is 0 Å². The first-order valence-electron chi connectivity index (χ1n) is 7.67. The molecule has 1 saturated heterocycles. The second-order valence-corrected chi connectivity index (χ2v) is 5.86. The van der Waals surface area contributed by atoms with Crippen molar-refractivity contribution in [1.82, 2.24) is 0 Å². The van der Waals surface area contributed by atoms with Gasteiger partial charge in [0.25, 0.3) is 0 Å². The molecule has 0 spiro atoms. The predicted molar refractivity (Wildman–Crippen MR) is 81.5 cm³/mol. The van der Waals surface area contributed by atoms with Gasteiger partial charge in [-0.05, 0) is 37.2 Å². The Morgan fingerprint density at radius 3 is 2.47 bits per heavy atom. The van der Waals surface area contributed by atoms with Gasteiger partial charge in [-0.15, -0.1) is 0 Å². The van der Waals surface area contributed by atoms with E-state index in [0.717, 1.165) is 25.1 Å². The van der Waals surface area contributed by atoms with Crippen LogP contribution < -0.4 is 4.90 Å². The van der Waals surface area contributed by atoms with Crippen molar-refractivity contribution in [3.63, 3.8) is 0 Å². The summed E-state index contributed by atoms with van der Waals surface area (Å²) in [5, 5.41) is 10.2. The van der Waals surface area contributed by atoms with Crippen LogP contribution in [0.4, 0.5) is 5.69 Å². The molecule has 0 aliphatic carbocycles. The van der Waals surface area contributed by atoms with Crippen LogP contribution in [0.5, 0.6) is 0 Å². The van der Waals surface area contributed by atoms with Gasteiger partial charge in [-0.3, -0.25) is 0 Å². The van der Waals surface area contributed by atoms with E-state index in [1.807, 2.05) is 13.0 Å². The lowest BCUT2D eigenvalue weighted by atomic mass is 9.82. The van der Waals surface area contributed by atoms with Gasteiger partial charge in [0.2, 0.25) is 0 Å². The SMILES string of the molecule is CC[C@@H](O)c1ccccc1N1CCC(CC)(CC)C1. The summed E-state index contributed by atoms with van der Waals surface area (Å²) in [7, 11) is 0. The minimum absolute atomic E-state index is 0.338. The van der Waals surface area contributed by atoms with E-state index >= 15 is 0 Å². The van der Waals surface area contributed by atoms with Crippen molar-refractivity contribution in [2.24, 2.45) is 5.41 Å². The molecule has 1 atom stereocenters. The van der Waals surface area contributed by atoms with Crippen LogP contribution in [0.15, 0.2) is 24.3 Å². The van der Waals surface area contributed by atoms with E-state index in [1.54, 1.807) is 0 Å². The second kappa shape index (κ2) is 5.96. The second-order valence-electron chi connectivity index (χ2n) is 5.86. The standard InChI is InChI=1S/C17H27NO/c1-4-16(19)14-9-7-8-10-15(14)18-12-11-17(5-2,6-3)13-18/h7-10,16,19H,4-6,11-13H2,1-3H3/t16-/m1/s1. The molecule has 19 heavy (non-hydrogen) atoms. The molecule has 1 aromatic rings. The highest BCUT2D eigenvalue weighted by atomic mass is 16.3. The molecule has 2 heteroatoms. The Morgan fingerprint density at radius 2 is 1.89 bits per heavy atom. The normalized spacial score (nSPS) is 19.7. The Hall–Kier alpha value is -1.02. The fourth-order valence-corrected chi connectivity index (χ4v) is 3.25. The first-order valence-corrected chi connectivity index (χ1v) is 7.67. The van der Waals surface area contributed by atoms with Gasteiger partial charge in [0.05, 0.1) is 6.10 Å².